The maximum atomic E-state index is 11.9. The molecule has 0 unspecified atom stereocenters. The third kappa shape index (κ3) is 5.48. The second-order valence-corrected chi connectivity index (χ2v) is 5.02. The first-order chi connectivity index (χ1) is 12.6. The molecule has 2 amide bonds. The van der Waals surface area contributed by atoms with Crippen molar-refractivity contribution in [2.75, 3.05) is 19.0 Å². The molecule has 2 rings (SSSR count). The van der Waals surface area contributed by atoms with E-state index in [1.807, 2.05) is 6.07 Å². The molecule has 0 spiro atoms. The van der Waals surface area contributed by atoms with E-state index in [9.17, 15) is 9.59 Å². The predicted molar refractivity (Wildman–Crippen MR) is 99.5 cm³/mol. The highest BCUT2D eigenvalue weighted by Crippen LogP contribution is 2.16. The van der Waals surface area contributed by atoms with Crippen LogP contribution >= 0.6 is 0 Å². The van der Waals surface area contributed by atoms with Crippen LogP contribution in [0.2, 0.25) is 0 Å². The number of ether oxygens (including phenoxy) is 2. The monoisotopic (exact) mass is 353 g/mol. The van der Waals surface area contributed by atoms with Gasteiger partial charge in [-0.2, -0.15) is 5.10 Å². The number of anilines is 1. The van der Waals surface area contributed by atoms with Crippen LogP contribution in [-0.4, -0.2) is 31.7 Å². The molecule has 7 heteroatoms. The number of amides is 2. The molecule has 0 aliphatic carbocycles. The topological polar surface area (TPSA) is 89.0 Å². The minimum absolute atomic E-state index is 0.349. The molecule has 0 saturated carbocycles. The molecule has 0 saturated heterocycles. The van der Waals surface area contributed by atoms with Gasteiger partial charge < -0.3 is 14.8 Å². The van der Waals surface area contributed by atoms with Crippen LogP contribution in [0.4, 0.5) is 5.69 Å². The van der Waals surface area contributed by atoms with Crippen LogP contribution in [0.1, 0.15) is 5.56 Å². The summed E-state index contributed by atoms with van der Waals surface area (Å²) < 4.78 is 10.5. The number of rotatable bonds is 7. The Balaban J connectivity index is 1.91. The van der Waals surface area contributed by atoms with Gasteiger partial charge >= 0.3 is 11.8 Å². The zero-order chi connectivity index (χ0) is 18.8. The number of hydrogen-bond acceptors (Lipinski definition) is 5. The lowest BCUT2D eigenvalue weighted by molar-refractivity contribution is -0.136. The molecule has 0 aromatic heterocycles. The third-order valence-electron chi connectivity index (χ3n) is 3.20. The SMILES string of the molecule is C=CCOc1ccccc1/C=N\NC(=O)C(=O)Nc1ccc(OC)cc1. The van der Waals surface area contributed by atoms with Gasteiger partial charge in [0.15, 0.2) is 0 Å². The number of hydrazone groups is 1. The van der Waals surface area contributed by atoms with Crippen LogP contribution in [0.3, 0.4) is 0 Å². The molecule has 0 bridgehead atoms. The van der Waals surface area contributed by atoms with E-state index in [0.717, 1.165) is 0 Å². The van der Waals surface area contributed by atoms with Crippen molar-refractivity contribution in [3.63, 3.8) is 0 Å². The van der Waals surface area contributed by atoms with Crippen LogP contribution in [0.5, 0.6) is 11.5 Å². The summed E-state index contributed by atoms with van der Waals surface area (Å²) in [7, 11) is 1.54. The van der Waals surface area contributed by atoms with Gasteiger partial charge in [0.25, 0.3) is 0 Å². The number of nitrogens with zero attached hydrogens (tertiary/aromatic N) is 1. The van der Waals surface area contributed by atoms with Crippen molar-refractivity contribution >= 4 is 23.7 Å². The molecular formula is C19H19N3O4. The largest absolute Gasteiger partial charge is 0.497 e. The third-order valence-corrected chi connectivity index (χ3v) is 3.20. The van der Waals surface area contributed by atoms with Crippen molar-refractivity contribution in [2.45, 2.75) is 0 Å². The summed E-state index contributed by atoms with van der Waals surface area (Å²) in [6.07, 6.45) is 3.02. The molecule has 2 aromatic rings. The van der Waals surface area contributed by atoms with Gasteiger partial charge in [-0.1, -0.05) is 24.8 Å². The Hall–Kier alpha value is -3.61. The fraction of sp³-hybridized carbons (Fsp3) is 0.105. The first-order valence-corrected chi connectivity index (χ1v) is 7.75. The Labute approximate surface area is 151 Å². The highest BCUT2D eigenvalue weighted by molar-refractivity contribution is 6.39. The van der Waals surface area contributed by atoms with E-state index in [-0.39, 0.29) is 0 Å². The molecule has 7 nitrogen and oxygen atoms in total. The number of carbonyl (C=O) groups excluding carboxylic acids is 2. The lowest BCUT2D eigenvalue weighted by Crippen LogP contribution is -2.32. The van der Waals surface area contributed by atoms with Crippen LogP contribution in [0.25, 0.3) is 0 Å². The summed E-state index contributed by atoms with van der Waals surface area (Å²) in [6, 6.07) is 13.8. The first-order valence-electron chi connectivity index (χ1n) is 7.75. The van der Waals surface area contributed by atoms with E-state index in [1.54, 1.807) is 55.7 Å². The number of hydrogen-bond donors (Lipinski definition) is 2. The van der Waals surface area contributed by atoms with Crippen molar-refractivity contribution in [3.8, 4) is 11.5 Å². The second kappa shape index (κ2) is 9.63. The van der Waals surface area contributed by atoms with Crippen molar-refractivity contribution in [1.29, 1.82) is 0 Å². The van der Waals surface area contributed by atoms with Gasteiger partial charge in [-0.15, -0.1) is 0 Å². The number of methoxy groups -OCH3 is 1. The average molecular weight is 353 g/mol. The van der Waals surface area contributed by atoms with E-state index >= 15 is 0 Å². The number of para-hydroxylation sites is 1. The van der Waals surface area contributed by atoms with E-state index < -0.39 is 11.8 Å². The van der Waals surface area contributed by atoms with Crippen molar-refractivity contribution in [3.05, 3.63) is 66.7 Å². The molecule has 0 atom stereocenters. The minimum Gasteiger partial charge on any atom is -0.497 e. The summed E-state index contributed by atoms with van der Waals surface area (Å²) in [5.41, 5.74) is 3.30. The Kier molecular flexibility index (Phi) is 6.93. The van der Waals surface area contributed by atoms with Gasteiger partial charge in [0.1, 0.15) is 18.1 Å². The van der Waals surface area contributed by atoms with Crippen molar-refractivity contribution < 1.29 is 19.1 Å². The molecule has 26 heavy (non-hydrogen) atoms. The summed E-state index contributed by atoms with van der Waals surface area (Å²) in [4.78, 5) is 23.7. The molecule has 0 aliphatic heterocycles. The standard InChI is InChI=1S/C19H19N3O4/c1-3-12-26-17-7-5-4-6-14(17)13-20-22-19(24)18(23)21-15-8-10-16(25-2)11-9-15/h3-11,13H,1,12H2,2H3,(H,21,23)(H,22,24)/b20-13-. The number of benzene rings is 2. The molecular weight excluding hydrogens is 334 g/mol. The van der Waals surface area contributed by atoms with Gasteiger partial charge in [0, 0.05) is 11.3 Å². The molecule has 134 valence electrons. The highest BCUT2D eigenvalue weighted by Gasteiger charge is 2.12. The molecule has 0 fully saturated rings. The summed E-state index contributed by atoms with van der Waals surface area (Å²) in [6.45, 7) is 3.94. The first kappa shape index (κ1) is 18.7. The van der Waals surface area contributed by atoms with Crippen LogP contribution < -0.4 is 20.2 Å². The summed E-state index contributed by atoms with van der Waals surface area (Å²) in [5, 5.41) is 6.25. The van der Waals surface area contributed by atoms with E-state index in [2.05, 4.69) is 22.4 Å². The Morgan fingerprint density at radius 1 is 1.12 bits per heavy atom. The lowest BCUT2D eigenvalue weighted by Gasteiger charge is -2.06. The predicted octanol–water partition coefficient (Wildman–Crippen LogP) is 2.35. The zero-order valence-corrected chi connectivity index (χ0v) is 14.3. The van der Waals surface area contributed by atoms with Crippen LogP contribution in [0.15, 0.2) is 66.3 Å². The zero-order valence-electron chi connectivity index (χ0n) is 14.3. The van der Waals surface area contributed by atoms with Crippen LogP contribution in [-0.2, 0) is 9.59 Å². The Morgan fingerprint density at radius 3 is 2.54 bits per heavy atom. The van der Waals surface area contributed by atoms with E-state index in [0.29, 0.717) is 29.4 Å². The van der Waals surface area contributed by atoms with Crippen molar-refractivity contribution in [2.24, 2.45) is 5.10 Å². The van der Waals surface area contributed by atoms with Gasteiger partial charge in [0.2, 0.25) is 0 Å². The average Bonchev–Trinajstić information content (AvgIpc) is 2.67. The molecule has 0 radical (unpaired) electrons. The van der Waals surface area contributed by atoms with Crippen LogP contribution in [0, 0.1) is 0 Å². The smallest absolute Gasteiger partial charge is 0.329 e. The quantitative estimate of drug-likeness (QED) is 0.346. The maximum absolute atomic E-state index is 11.9. The maximum Gasteiger partial charge on any atom is 0.329 e. The highest BCUT2D eigenvalue weighted by atomic mass is 16.5. The molecule has 0 heterocycles. The molecule has 2 aromatic carbocycles. The van der Waals surface area contributed by atoms with Gasteiger partial charge in [-0.05, 0) is 36.4 Å². The van der Waals surface area contributed by atoms with E-state index in [1.165, 1.54) is 6.21 Å². The Bertz CT molecular complexity index is 801. The summed E-state index contributed by atoms with van der Waals surface area (Å²) in [5.74, 6) is -0.479. The minimum atomic E-state index is -0.887. The summed E-state index contributed by atoms with van der Waals surface area (Å²) >= 11 is 0. The van der Waals surface area contributed by atoms with Gasteiger partial charge in [-0.3, -0.25) is 9.59 Å². The van der Waals surface area contributed by atoms with Crippen molar-refractivity contribution in [1.82, 2.24) is 5.43 Å². The molecule has 2 N–H and O–H groups in total. The van der Waals surface area contributed by atoms with E-state index in [4.69, 9.17) is 9.47 Å². The fourth-order valence-electron chi connectivity index (χ4n) is 1.94. The number of carbonyl (C=O) groups is 2. The lowest BCUT2D eigenvalue weighted by atomic mass is 10.2. The Morgan fingerprint density at radius 2 is 1.85 bits per heavy atom. The fourth-order valence-corrected chi connectivity index (χ4v) is 1.94. The van der Waals surface area contributed by atoms with Gasteiger partial charge in [0.05, 0.1) is 13.3 Å². The second-order valence-electron chi connectivity index (χ2n) is 5.02. The van der Waals surface area contributed by atoms with Gasteiger partial charge in [-0.25, -0.2) is 5.43 Å². The normalized spacial score (nSPS) is 10.2. The number of nitrogens with one attached hydrogen (secondary N) is 2. The molecule has 0 aliphatic rings.